The number of hydrogen-bond acceptors (Lipinski definition) is 4. The molecule has 0 bridgehead atoms. The van der Waals surface area contributed by atoms with Gasteiger partial charge in [0.05, 0.1) is 17.5 Å². The Morgan fingerprint density at radius 1 is 1.59 bits per heavy atom. The van der Waals surface area contributed by atoms with E-state index in [2.05, 4.69) is 11.4 Å². The van der Waals surface area contributed by atoms with Crippen LogP contribution in [0.25, 0.3) is 0 Å². The first-order valence-corrected chi connectivity index (χ1v) is 6.76. The monoisotopic (exact) mass is 254 g/mol. The minimum Gasteiger partial charge on any atom is -0.750 e. The van der Waals surface area contributed by atoms with E-state index in [9.17, 15) is 8.76 Å². The summed E-state index contributed by atoms with van der Waals surface area (Å²) in [5.74, 6) is 0. The van der Waals surface area contributed by atoms with E-state index < -0.39 is 17.5 Å². The molecule has 4 nitrogen and oxygen atoms in total. The van der Waals surface area contributed by atoms with E-state index in [0.717, 1.165) is 18.5 Å². The molecule has 0 amide bonds. The molecule has 1 aliphatic rings. The van der Waals surface area contributed by atoms with Crippen LogP contribution in [0, 0.1) is 0 Å². The molecule has 0 aromatic heterocycles. The van der Waals surface area contributed by atoms with E-state index in [-0.39, 0.29) is 0 Å². The zero-order valence-corrected chi connectivity index (χ0v) is 10.5. The summed E-state index contributed by atoms with van der Waals surface area (Å²) in [5, 5.41) is 3.42. The lowest BCUT2D eigenvalue weighted by molar-refractivity contribution is 0.223. The second-order valence-corrected chi connectivity index (χ2v) is 4.86. The molecule has 17 heavy (non-hydrogen) atoms. The van der Waals surface area contributed by atoms with Gasteiger partial charge >= 0.3 is 0 Å². The summed E-state index contributed by atoms with van der Waals surface area (Å²) >= 11 is -2.47. The van der Waals surface area contributed by atoms with Gasteiger partial charge in [-0.3, -0.25) is 4.18 Å². The Balaban J connectivity index is 2.12. The molecule has 3 atom stereocenters. The summed E-state index contributed by atoms with van der Waals surface area (Å²) in [4.78, 5) is 0. The first kappa shape index (κ1) is 12.7. The summed E-state index contributed by atoms with van der Waals surface area (Å²) in [5.41, 5.74) is 2.09. The molecule has 0 radical (unpaired) electrons. The molecule has 1 saturated heterocycles. The van der Waals surface area contributed by atoms with Crippen LogP contribution in [0.5, 0.6) is 0 Å². The summed E-state index contributed by atoms with van der Waals surface area (Å²) < 4.78 is 25.7. The summed E-state index contributed by atoms with van der Waals surface area (Å²) in [6, 6.07) is 8.29. The molecule has 0 aliphatic carbocycles. The Morgan fingerprint density at radius 2 is 2.41 bits per heavy atom. The van der Waals surface area contributed by atoms with Gasteiger partial charge in [-0.1, -0.05) is 24.3 Å². The van der Waals surface area contributed by atoms with Crippen molar-refractivity contribution in [2.75, 3.05) is 6.54 Å². The largest absolute Gasteiger partial charge is 0.750 e. The molecule has 1 fully saturated rings. The number of benzene rings is 1. The molecule has 1 aromatic carbocycles. The first-order valence-electron chi connectivity index (χ1n) is 5.76. The SMILES string of the molecule is CC(OS(=O)[O-])c1cccc(C2CCCN2)c1. The van der Waals surface area contributed by atoms with Crippen LogP contribution in [0.15, 0.2) is 24.3 Å². The summed E-state index contributed by atoms with van der Waals surface area (Å²) in [6.45, 7) is 2.78. The highest BCUT2D eigenvalue weighted by Gasteiger charge is 2.17. The minimum atomic E-state index is -2.47. The molecular weight excluding hydrogens is 238 g/mol. The molecule has 1 N–H and O–H groups in total. The zero-order valence-electron chi connectivity index (χ0n) is 9.72. The second kappa shape index (κ2) is 5.73. The molecular formula is C12H16NO3S-. The van der Waals surface area contributed by atoms with Crippen molar-refractivity contribution in [3.05, 3.63) is 35.4 Å². The zero-order chi connectivity index (χ0) is 12.3. The fraction of sp³-hybridized carbons (Fsp3) is 0.500. The van der Waals surface area contributed by atoms with Gasteiger partial charge in [-0.25, -0.2) is 4.21 Å². The Bertz CT molecular complexity index is 404. The van der Waals surface area contributed by atoms with Crippen molar-refractivity contribution < 1.29 is 12.9 Å². The molecule has 2 rings (SSSR count). The fourth-order valence-corrected chi connectivity index (χ4v) is 2.52. The quantitative estimate of drug-likeness (QED) is 0.835. The molecule has 3 unspecified atom stereocenters. The highest BCUT2D eigenvalue weighted by atomic mass is 32.2. The Morgan fingerprint density at radius 3 is 3.06 bits per heavy atom. The van der Waals surface area contributed by atoms with Gasteiger partial charge in [0.2, 0.25) is 0 Å². The summed E-state index contributed by atoms with van der Waals surface area (Å²) in [7, 11) is 0. The molecule has 0 spiro atoms. The minimum absolute atomic E-state index is 0.389. The highest BCUT2D eigenvalue weighted by molar-refractivity contribution is 7.74. The lowest BCUT2D eigenvalue weighted by atomic mass is 10.0. The predicted octanol–water partition coefficient (Wildman–Crippen LogP) is 1.98. The van der Waals surface area contributed by atoms with Gasteiger partial charge in [-0.05, 0) is 37.4 Å². The number of hydrogen-bond donors (Lipinski definition) is 1. The topological polar surface area (TPSA) is 61.4 Å². The normalized spacial score (nSPS) is 23.5. The number of rotatable bonds is 4. The van der Waals surface area contributed by atoms with Crippen LogP contribution in [0.3, 0.4) is 0 Å². The highest BCUT2D eigenvalue weighted by Crippen LogP contribution is 2.26. The average molecular weight is 254 g/mol. The predicted molar refractivity (Wildman–Crippen MR) is 64.8 cm³/mol. The van der Waals surface area contributed by atoms with Crippen LogP contribution >= 0.6 is 0 Å². The summed E-state index contributed by atoms with van der Waals surface area (Å²) in [6.07, 6.45) is 1.88. The maximum absolute atomic E-state index is 10.5. The van der Waals surface area contributed by atoms with E-state index >= 15 is 0 Å². The maximum atomic E-state index is 10.5. The molecule has 94 valence electrons. The smallest absolute Gasteiger partial charge is 0.0959 e. The molecule has 1 aromatic rings. The second-order valence-electron chi connectivity index (χ2n) is 4.26. The van der Waals surface area contributed by atoms with Crippen molar-refractivity contribution >= 4 is 11.4 Å². The molecule has 1 aliphatic heterocycles. The van der Waals surface area contributed by atoms with E-state index in [1.807, 2.05) is 18.2 Å². The van der Waals surface area contributed by atoms with Crippen LogP contribution < -0.4 is 5.32 Å². The first-order chi connectivity index (χ1) is 8.16. The molecule has 1 heterocycles. The van der Waals surface area contributed by atoms with Gasteiger partial charge in [-0.2, -0.15) is 0 Å². The van der Waals surface area contributed by atoms with Gasteiger partial charge in [0, 0.05) is 6.04 Å². The van der Waals surface area contributed by atoms with Crippen LogP contribution in [-0.4, -0.2) is 15.3 Å². The fourth-order valence-electron chi connectivity index (χ4n) is 2.17. The van der Waals surface area contributed by atoms with Crippen molar-refractivity contribution in [2.45, 2.75) is 31.9 Å². The molecule has 0 saturated carbocycles. The van der Waals surface area contributed by atoms with E-state index in [1.165, 1.54) is 12.0 Å². The third-order valence-electron chi connectivity index (χ3n) is 3.07. The van der Waals surface area contributed by atoms with Crippen LogP contribution in [0.2, 0.25) is 0 Å². The Labute approximate surface area is 104 Å². The third kappa shape index (κ3) is 3.35. The van der Waals surface area contributed by atoms with Crippen LogP contribution in [0.1, 0.15) is 43.0 Å². The maximum Gasteiger partial charge on any atom is 0.0959 e. The van der Waals surface area contributed by atoms with Crippen LogP contribution in [0.4, 0.5) is 0 Å². The van der Waals surface area contributed by atoms with Gasteiger partial charge in [0.1, 0.15) is 0 Å². The lowest BCUT2D eigenvalue weighted by Gasteiger charge is -2.17. The van der Waals surface area contributed by atoms with Crippen molar-refractivity contribution in [3.63, 3.8) is 0 Å². The van der Waals surface area contributed by atoms with Crippen molar-refractivity contribution in [1.82, 2.24) is 5.32 Å². The number of nitrogens with one attached hydrogen (secondary N) is 1. The lowest BCUT2D eigenvalue weighted by Crippen LogP contribution is -2.13. The van der Waals surface area contributed by atoms with E-state index in [1.54, 1.807) is 6.92 Å². The van der Waals surface area contributed by atoms with Gasteiger partial charge in [0.15, 0.2) is 0 Å². The van der Waals surface area contributed by atoms with Gasteiger partial charge < -0.3 is 9.87 Å². The Hall–Kier alpha value is -0.750. The standard InChI is InChI=1S/C12H17NO3S/c1-9(16-17(14)15)10-4-2-5-11(8-10)12-6-3-7-13-12/h2,4-5,8-9,12-13H,3,6-7H2,1H3,(H,14,15)/p-1. The van der Waals surface area contributed by atoms with Crippen molar-refractivity contribution in [3.8, 4) is 0 Å². The molecule has 5 heteroatoms. The van der Waals surface area contributed by atoms with Crippen molar-refractivity contribution in [1.29, 1.82) is 0 Å². The van der Waals surface area contributed by atoms with Gasteiger partial charge in [-0.15, -0.1) is 0 Å². The van der Waals surface area contributed by atoms with Crippen molar-refractivity contribution in [2.24, 2.45) is 0 Å². The average Bonchev–Trinajstić information content (AvgIpc) is 2.82. The Kier molecular flexibility index (Phi) is 4.28. The van der Waals surface area contributed by atoms with E-state index in [4.69, 9.17) is 4.18 Å². The van der Waals surface area contributed by atoms with Gasteiger partial charge in [0.25, 0.3) is 0 Å². The van der Waals surface area contributed by atoms with E-state index in [0.29, 0.717) is 6.04 Å². The van der Waals surface area contributed by atoms with Crippen LogP contribution in [-0.2, 0) is 15.5 Å². The third-order valence-corrected chi connectivity index (χ3v) is 3.51.